The van der Waals surface area contributed by atoms with Crippen LogP contribution in [0.15, 0.2) is 11.5 Å². The van der Waals surface area contributed by atoms with E-state index in [4.69, 9.17) is 10.5 Å². The fraction of sp³-hybridized carbons (Fsp3) is 0.615. The average Bonchev–Trinajstić information content (AvgIpc) is 2.99. The number of aliphatic hydroxyl groups is 2. The fourth-order valence-corrected chi connectivity index (χ4v) is 3.34. The summed E-state index contributed by atoms with van der Waals surface area (Å²) >= 11 is 1.53. The minimum absolute atomic E-state index is 0.281. The maximum Gasteiger partial charge on any atom is 0.172 e. The van der Waals surface area contributed by atoms with Crippen molar-refractivity contribution in [3.8, 4) is 0 Å². The molecule has 0 amide bonds. The highest BCUT2D eigenvalue weighted by Crippen LogP contribution is 2.36. The van der Waals surface area contributed by atoms with Crippen LogP contribution in [0.2, 0.25) is 0 Å². The van der Waals surface area contributed by atoms with Gasteiger partial charge in [-0.1, -0.05) is 18.7 Å². The van der Waals surface area contributed by atoms with Gasteiger partial charge in [-0.3, -0.25) is 4.57 Å². The Morgan fingerprint density at radius 3 is 2.77 bits per heavy atom. The molecule has 1 saturated heterocycles. The first-order valence-corrected chi connectivity index (χ1v) is 8.16. The molecule has 9 heteroatoms. The van der Waals surface area contributed by atoms with E-state index in [-0.39, 0.29) is 5.82 Å². The van der Waals surface area contributed by atoms with Crippen molar-refractivity contribution in [2.45, 2.75) is 50.0 Å². The molecular weight excluding hydrogens is 306 g/mol. The number of hydrogen-bond donors (Lipinski definition) is 3. The van der Waals surface area contributed by atoms with Crippen molar-refractivity contribution in [1.82, 2.24) is 19.5 Å². The Balaban J connectivity index is 2.12. The molecule has 1 aliphatic heterocycles. The maximum atomic E-state index is 10.3. The summed E-state index contributed by atoms with van der Waals surface area (Å²) in [5.41, 5.74) is 6.84. The molecular formula is C13H19N5O3S. The smallest absolute Gasteiger partial charge is 0.172 e. The van der Waals surface area contributed by atoms with Crippen molar-refractivity contribution < 1.29 is 14.9 Å². The standard InChI is InChI=1S/C13H19N5O3S/c1-3-4-22-13-17-7-10(14)15-5-16-11(7)18(13)12-9(20)8(19)6(2)21-12/h5-6,8-9,12,19-20H,3-4H2,1-2H3,(H2,14,15,16)/t6-,8-,9-,12-/m1/s1. The molecule has 0 saturated carbocycles. The van der Waals surface area contributed by atoms with E-state index in [9.17, 15) is 10.2 Å². The number of fused-ring (bicyclic) bond motifs is 1. The summed E-state index contributed by atoms with van der Waals surface area (Å²) in [7, 11) is 0. The summed E-state index contributed by atoms with van der Waals surface area (Å²) in [6, 6.07) is 0. The van der Waals surface area contributed by atoms with E-state index >= 15 is 0 Å². The van der Waals surface area contributed by atoms with Gasteiger partial charge in [0.05, 0.1) is 6.10 Å². The van der Waals surface area contributed by atoms with Crippen LogP contribution in [-0.4, -0.2) is 53.8 Å². The molecule has 0 unspecified atom stereocenters. The Labute approximate surface area is 131 Å². The lowest BCUT2D eigenvalue weighted by Gasteiger charge is -2.18. The minimum Gasteiger partial charge on any atom is -0.388 e. The van der Waals surface area contributed by atoms with E-state index in [1.165, 1.54) is 18.1 Å². The number of rotatable bonds is 4. The third-order valence-corrected chi connectivity index (χ3v) is 4.80. The number of ether oxygens (including phenoxy) is 1. The van der Waals surface area contributed by atoms with Gasteiger partial charge in [-0.05, 0) is 13.3 Å². The molecule has 2 aromatic heterocycles. The molecule has 4 N–H and O–H groups in total. The first-order chi connectivity index (χ1) is 10.5. The first kappa shape index (κ1) is 15.5. The first-order valence-electron chi connectivity index (χ1n) is 7.17. The number of nitrogens with two attached hydrogens (primary N) is 1. The summed E-state index contributed by atoms with van der Waals surface area (Å²) in [6.07, 6.45) is -0.896. The van der Waals surface area contributed by atoms with Crippen molar-refractivity contribution in [2.75, 3.05) is 11.5 Å². The van der Waals surface area contributed by atoms with Gasteiger partial charge < -0.3 is 20.7 Å². The van der Waals surface area contributed by atoms with Crippen LogP contribution < -0.4 is 5.73 Å². The summed E-state index contributed by atoms with van der Waals surface area (Å²) in [6.45, 7) is 3.79. The maximum absolute atomic E-state index is 10.3. The molecule has 0 aromatic carbocycles. The number of nitrogens with zero attached hydrogens (tertiary/aromatic N) is 4. The van der Waals surface area contributed by atoms with Gasteiger partial charge in [-0.2, -0.15) is 0 Å². The van der Waals surface area contributed by atoms with Crippen LogP contribution in [0.4, 0.5) is 5.82 Å². The van der Waals surface area contributed by atoms with Crippen LogP contribution in [0.3, 0.4) is 0 Å². The van der Waals surface area contributed by atoms with E-state index < -0.39 is 24.5 Å². The largest absolute Gasteiger partial charge is 0.388 e. The van der Waals surface area contributed by atoms with Crippen LogP contribution in [-0.2, 0) is 4.74 Å². The topological polar surface area (TPSA) is 119 Å². The van der Waals surface area contributed by atoms with Gasteiger partial charge in [0.15, 0.2) is 28.4 Å². The van der Waals surface area contributed by atoms with Gasteiger partial charge in [0.25, 0.3) is 0 Å². The van der Waals surface area contributed by atoms with E-state index in [1.807, 2.05) is 0 Å². The van der Waals surface area contributed by atoms with Crippen LogP contribution in [0.25, 0.3) is 11.2 Å². The van der Waals surface area contributed by atoms with Crippen molar-refractivity contribution in [1.29, 1.82) is 0 Å². The van der Waals surface area contributed by atoms with Crippen molar-refractivity contribution in [3.05, 3.63) is 6.33 Å². The Kier molecular flexibility index (Phi) is 4.22. The molecule has 0 aliphatic carbocycles. The molecule has 3 rings (SSSR count). The van der Waals surface area contributed by atoms with Gasteiger partial charge >= 0.3 is 0 Å². The van der Waals surface area contributed by atoms with Crippen molar-refractivity contribution in [3.63, 3.8) is 0 Å². The highest BCUT2D eigenvalue weighted by Gasteiger charge is 2.43. The zero-order valence-electron chi connectivity index (χ0n) is 12.4. The number of thioether (sulfide) groups is 1. The summed E-state index contributed by atoms with van der Waals surface area (Å²) in [5, 5.41) is 20.9. The second kappa shape index (κ2) is 5.99. The van der Waals surface area contributed by atoms with Crippen molar-refractivity contribution >= 4 is 28.7 Å². The number of nitrogen functional groups attached to an aromatic ring is 1. The summed E-state index contributed by atoms with van der Waals surface area (Å²) in [5.74, 6) is 1.14. The van der Waals surface area contributed by atoms with Gasteiger partial charge in [0, 0.05) is 5.75 Å². The Hall–Kier alpha value is -1.42. The number of aromatic nitrogens is 4. The molecule has 1 fully saturated rings. The van der Waals surface area contributed by atoms with Crippen LogP contribution >= 0.6 is 11.8 Å². The number of aliphatic hydroxyl groups excluding tert-OH is 2. The number of hydrogen-bond acceptors (Lipinski definition) is 8. The van der Waals surface area contributed by atoms with Crippen LogP contribution in [0.5, 0.6) is 0 Å². The Morgan fingerprint density at radius 1 is 1.36 bits per heavy atom. The predicted octanol–water partition coefficient (Wildman–Crippen LogP) is 0.550. The summed E-state index contributed by atoms with van der Waals surface area (Å²) in [4.78, 5) is 12.7. The molecule has 0 bridgehead atoms. The highest BCUT2D eigenvalue weighted by molar-refractivity contribution is 7.99. The van der Waals surface area contributed by atoms with Gasteiger partial charge in [0.2, 0.25) is 0 Å². The predicted molar refractivity (Wildman–Crippen MR) is 82.3 cm³/mol. The quantitative estimate of drug-likeness (QED) is 0.697. The molecule has 120 valence electrons. The normalized spacial score (nSPS) is 28.5. The monoisotopic (exact) mass is 325 g/mol. The molecule has 3 heterocycles. The van der Waals surface area contributed by atoms with Gasteiger partial charge in [-0.15, -0.1) is 0 Å². The van der Waals surface area contributed by atoms with E-state index in [2.05, 4.69) is 21.9 Å². The minimum atomic E-state index is -1.05. The third-order valence-electron chi connectivity index (χ3n) is 3.64. The third kappa shape index (κ3) is 2.43. The molecule has 4 atom stereocenters. The molecule has 1 aliphatic rings. The Morgan fingerprint density at radius 2 is 2.14 bits per heavy atom. The van der Waals surface area contributed by atoms with Crippen LogP contribution in [0.1, 0.15) is 26.5 Å². The second-order valence-electron chi connectivity index (χ2n) is 5.26. The number of imidazole rings is 1. The van der Waals surface area contributed by atoms with E-state index in [0.29, 0.717) is 16.3 Å². The molecule has 8 nitrogen and oxygen atoms in total. The van der Waals surface area contributed by atoms with E-state index in [1.54, 1.807) is 11.5 Å². The van der Waals surface area contributed by atoms with Gasteiger partial charge in [-0.25, -0.2) is 15.0 Å². The van der Waals surface area contributed by atoms with Crippen molar-refractivity contribution in [2.24, 2.45) is 0 Å². The molecule has 2 aromatic rings. The lowest BCUT2D eigenvalue weighted by atomic mass is 10.1. The average molecular weight is 325 g/mol. The Bertz CT molecular complexity index is 679. The highest BCUT2D eigenvalue weighted by atomic mass is 32.2. The zero-order valence-corrected chi connectivity index (χ0v) is 13.2. The second-order valence-corrected chi connectivity index (χ2v) is 6.32. The molecule has 0 radical (unpaired) electrons. The molecule has 0 spiro atoms. The van der Waals surface area contributed by atoms with Crippen LogP contribution in [0, 0.1) is 0 Å². The molecule has 22 heavy (non-hydrogen) atoms. The number of anilines is 1. The van der Waals surface area contributed by atoms with Gasteiger partial charge in [0.1, 0.15) is 18.5 Å². The SMILES string of the molecule is CCCSc1nc2c(N)ncnc2n1[C@@H]1O[C@H](C)[C@@H](O)[C@H]1O. The fourth-order valence-electron chi connectivity index (χ4n) is 2.47. The lowest BCUT2D eigenvalue weighted by molar-refractivity contribution is -0.0348. The van der Waals surface area contributed by atoms with E-state index in [0.717, 1.165) is 12.2 Å². The lowest BCUT2D eigenvalue weighted by Crippen LogP contribution is -2.30. The zero-order chi connectivity index (χ0) is 15.9. The summed E-state index contributed by atoms with van der Waals surface area (Å²) < 4.78 is 7.41.